The van der Waals surface area contributed by atoms with Crippen LogP contribution in [0.25, 0.3) is 22.2 Å². The summed E-state index contributed by atoms with van der Waals surface area (Å²) < 4.78 is 38.5. The summed E-state index contributed by atoms with van der Waals surface area (Å²) >= 11 is 0. The number of non-ortho nitro benzene ring substituents is 1. The van der Waals surface area contributed by atoms with Gasteiger partial charge in [-0.15, -0.1) is 0 Å². The quantitative estimate of drug-likeness (QED) is 0.566. The molecule has 3 rings (SSSR count). The molecule has 24 heavy (non-hydrogen) atoms. The maximum absolute atomic E-state index is 12.8. The van der Waals surface area contributed by atoms with E-state index in [0.717, 1.165) is 18.2 Å². The van der Waals surface area contributed by atoms with Gasteiger partial charge in [0, 0.05) is 17.8 Å². The SMILES string of the molecule is O=c1cc(-c2cccc(C(F)(F)F)c2)[nH]c2c([N+](=O)[O-])cccc12. The highest BCUT2D eigenvalue weighted by Crippen LogP contribution is 2.32. The summed E-state index contributed by atoms with van der Waals surface area (Å²) in [7, 11) is 0. The zero-order valence-electron chi connectivity index (χ0n) is 11.9. The van der Waals surface area contributed by atoms with Crippen LogP contribution in [-0.4, -0.2) is 9.91 Å². The van der Waals surface area contributed by atoms with Crippen LogP contribution in [0.4, 0.5) is 18.9 Å². The number of hydrogen-bond acceptors (Lipinski definition) is 3. The van der Waals surface area contributed by atoms with Crippen molar-refractivity contribution in [2.75, 3.05) is 0 Å². The third-order valence-corrected chi connectivity index (χ3v) is 3.54. The lowest BCUT2D eigenvalue weighted by molar-refractivity contribution is -0.383. The monoisotopic (exact) mass is 334 g/mol. The molecule has 8 heteroatoms. The minimum Gasteiger partial charge on any atom is -0.349 e. The Morgan fingerprint density at radius 1 is 1.04 bits per heavy atom. The Morgan fingerprint density at radius 2 is 1.75 bits per heavy atom. The summed E-state index contributed by atoms with van der Waals surface area (Å²) in [4.78, 5) is 25.3. The number of rotatable bonds is 2. The van der Waals surface area contributed by atoms with Crippen LogP contribution in [0.15, 0.2) is 53.3 Å². The summed E-state index contributed by atoms with van der Waals surface area (Å²) in [6.45, 7) is 0. The second-order valence-electron chi connectivity index (χ2n) is 5.08. The normalized spacial score (nSPS) is 11.6. The second kappa shape index (κ2) is 5.48. The van der Waals surface area contributed by atoms with E-state index in [1.165, 1.54) is 30.3 Å². The number of alkyl halides is 3. The van der Waals surface area contributed by atoms with Crippen molar-refractivity contribution in [2.45, 2.75) is 6.18 Å². The number of nitrogens with zero attached hydrogens (tertiary/aromatic N) is 1. The van der Waals surface area contributed by atoms with Crippen molar-refractivity contribution in [1.29, 1.82) is 0 Å². The van der Waals surface area contributed by atoms with Crippen LogP contribution in [0, 0.1) is 10.1 Å². The van der Waals surface area contributed by atoms with Crippen molar-refractivity contribution >= 4 is 16.6 Å². The molecule has 1 aromatic heterocycles. The summed E-state index contributed by atoms with van der Waals surface area (Å²) in [6, 6.07) is 9.52. The topological polar surface area (TPSA) is 76.0 Å². The van der Waals surface area contributed by atoms with Gasteiger partial charge in [0.05, 0.1) is 15.9 Å². The van der Waals surface area contributed by atoms with Crippen LogP contribution >= 0.6 is 0 Å². The first-order valence-electron chi connectivity index (χ1n) is 6.75. The summed E-state index contributed by atoms with van der Waals surface area (Å²) in [6.07, 6.45) is -4.53. The van der Waals surface area contributed by atoms with E-state index < -0.39 is 22.1 Å². The van der Waals surface area contributed by atoms with Crippen LogP contribution in [0.3, 0.4) is 0 Å². The van der Waals surface area contributed by atoms with E-state index in [0.29, 0.717) is 0 Å². The first-order chi connectivity index (χ1) is 11.3. The van der Waals surface area contributed by atoms with Crippen molar-refractivity contribution in [3.8, 4) is 11.3 Å². The van der Waals surface area contributed by atoms with Gasteiger partial charge in [-0.05, 0) is 23.8 Å². The Balaban J connectivity index is 2.27. The molecule has 0 saturated heterocycles. The Morgan fingerprint density at radius 3 is 2.42 bits per heavy atom. The number of aromatic nitrogens is 1. The van der Waals surface area contributed by atoms with Crippen LogP contribution in [-0.2, 0) is 6.18 Å². The third kappa shape index (κ3) is 2.73. The lowest BCUT2D eigenvalue weighted by atomic mass is 10.1. The Kier molecular flexibility index (Phi) is 3.59. The molecule has 0 saturated carbocycles. The van der Waals surface area contributed by atoms with Crippen LogP contribution in [0.1, 0.15) is 5.56 Å². The number of para-hydroxylation sites is 1. The van der Waals surface area contributed by atoms with E-state index in [4.69, 9.17) is 0 Å². The average Bonchev–Trinajstić information content (AvgIpc) is 2.53. The minimum atomic E-state index is -4.53. The van der Waals surface area contributed by atoms with Gasteiger partial charge in [0.15, 0.2) is 5.43 Å². The van der Waals surface area contributed by atoms with Crippen molar-refractivity contribution in [3.63, 3.8) is 0 Å². The first-order valence-corrected chi connectivity index (χ1v) is 6.75. The first kappa shape index (κ1) is 15.7. The van der Waals surface area contributed by atoms with E-state index in [9.17, 15) is 28.1 Å². The fourth-order valence-electron chi connectivity index (χ4n) is 2.43. The standard InChI is InChI=1S/C16H9F3N2O3/c17-16(18,19)10-4-1-3-9(7-10)12-8-14(22)11-5-2-6-13(21(23)24)15(11)20-12/h1-8H,(H,20,22). The summed E-state index contributed by atoms with van der Waals surface area (Å²) in [5, 5.41) is 11.2. The summed E-state index contributed by atoms with van der Waals surface area (Å²) in [5.74, 6) is 0. The number of nitrogens with one attached hydrogen (secondary N) is 1. The zero-order valence-corrected chi connectivity index (χ0v) is 11.9. The van der Waals surface area contributed by atoms with Gasteiger partial charge in [0.2, 0.25) is 0 Å². The predicted octanol–water partition coefficient (Wildman–Crippen LogP) is 4.12. The number of benzene rings is 2. The highest BCUT2D eigenvalue weighted by molar-refractivity contribution is 5.88. The van der Waals surface area contributed by atoms with Crippen molar-refractivity contribution in [3.05, 3.63) is 74.4 Å². The molecule has 0 aliphatic carbocycles. The number of fused-ring (bicyclic) bond motifs is 1. The molecule has 1 heterocycles. The molecule has 0 bridgehead atoms. The fraction of sp³-hybridized carbons (Fsp3) is 0.0625. The van der Waals surface area contributed by atoms with E-state index in [2.05, 4.69) is 4.98 Å². The molecular formula is C16H9F3N2O3. The van der Waals surface area contributed by atoms with Crippen LogP contribution < -0.4 is 5.43 Å². The number of halogens is 3. The van der Waals surface area contributed by atoms with Gasteiger partial charge >= 0.3 is 6.18 Å². The number of H-pyrrole nitrogens is 1. The Bertz CT molecular complexity index is 1010. The molecule has 2 aromatic carbocycles. The van der Waals surface area contributed by atoms with Gasteiger partial charge < -0.3 is 4.98 Å². The number of hydrogen-bond donors (Lipinski definition) is 1. The van der Waals surface area contributed by atoms with Crippen molar-refractivity contribution in [1.82, 2.24) is 4.98 Å². The predicted molar refractivity (Wildman–Crippen MR) is 81.7 cm³/mol. The molecule has 5 nitrogen and oxygen atoms in total. The van der Waals surface area contributed by atoms with Crippen molar-refractivity contribution < 1.29 is 18.1 Å². The number of nitro benzene ring substituents is 1. The molecule has 0 atom stereocenters. The maximum Gasteiger partial charge on any atom is 0.416 e. The Labute approximate surface area is 132 Å². The average molecular weight is 334 g/mol. The number of aromatic amines is 1. The smallest absolute Gasteiger partial charge is 0.349 e. The molecule has 0 fully saturated rings. The third-order valence-electron chi connectivity index (χ3n) is 3.54. The number of nitro groups is 1. The van der Waals surface area contributed by atoms with Crippen LogP contribution in [0.2, 0.25) is 0 Å². The molecule has 0 spiro atoms. The molecule has 1 N–H and O–H groups in total. The lowest BCUT2D eigenvalue weighted by Crippen LogP contribution is -2.07. The molecule has 0 unspecified atom stereocenters. The van der Waals surface area contributed by atoms with E-state index in [1.54, 1.807) is 0 Å². The number of pyridine rings is 1. The van der Waals surface area contributed by atoms with Gasteiger partial charge in [-0.25, -0.2) is 0 Å². The molecule has 0 radical (unpaired) electrons. The maximum atomic E-state index is 12.8. The molecular weight excluding hydrogens is 325 g/mol. The molecule has 122 valence electrons. The van der Waals surface area contributed by atoms with Gasteiger partial charge in [0.25, 0.3) is 5.69 Å². The molecule has 0 amide bonds. The second-order valence-corrected chi connectivity index (χ2v) is 5.08. The zero-order chi connectivity index (χ0) is 17.5. The van der Waals surface area contributed by atoms with E-state index in [1.807, 2.05) is 0 Å². The lowest BCUT2D eigenvalue weighted by Gasteiger charge is -2.09. The van der Waals surface area contributed by atoms with Gasteiger partial charge in [-0.3, -0.25) is 14.9 Å². The van der Waals surface area contributed by atoms with E-state index in [-0.39, 0.29) is 27.8 Å². The largest absolute Gasteiger partial charge is 0.416 e. The summed E-state index contributed by atoms with van der Waals surface area (Å²) in [5.41, 5.74) is -1.54. The fourth-order valence-corrected chi connectivity index (χ4v) is 2.43. The van der Waals surface area contributed by atoms with Crippen molar-refractivity contribution in [2.24, 2.45) is 0 Å². The molecule has 0 aliphatic heterocycles. The highest BCUT2D eigenvalue weighted by atomic mass is 19.4. The molecule has 3 aromatic rings. The Hall–Kier alpha value is -3.16. The van der Waals surface area contributed by atoms with Gasteiger partial charge in [-0.2, -0.15) is 13.2 Å². The van der Waals surface area contributed by atoms with Crippen LogP contribution in [0.5, 0.6) is 0 Å². The van der Waals surface area contributed by atoms with E-state index >= 15 is 0 Å². The minimum absolute atomic E-state index is 0.0255. The van der Waals surface area contributed by atoms with Gasteiger partial charge in [0.1, 0.15) is 5.52 Å². The van der Waals surface area contributed by atoms with Gasteiger partial charge in [-0.1, -0.05) is 18.2 Å². The molecule has 0 aliphatic rings. The highest BCUT2D eigenvalue weighted by Gasteiger charge is 2.30.